The highest BCUT2D eigenvalue weighted by atomic mass is 16.5. The van der Waals surface area contributed by atoms with E-state index in [1.165, 1.54) is 6.33 Å². The normalized spacial score (nSPS) is 10.5. The van der Waals surface area contributed by atoms with E-state index in [0.29, 0.717) is 17.5 Å². The number of benzene rings is 1. The summed E-state index contributed by atoms with van der Waals surface area (Å²) in [5, 5.41) is 13.0. The fourth-order valence-corrected chi connectivity index (χ4v) is 2.11. The van der Waals surface area contributed by atoms with Crippen LogP contribution in [0.3, 0.4) is 0 Å². The van der Waals surface area contributed by atoms with E-state index in [0.717, 1.165) is 11.3 Å². The van der Waals surface area contributed by atoms with Gasteiger partial charge in [0, 0.05) is 11.6 Å². The molecule has 0 saturated carbocycles. The minimum atomic E-state index is -0.0133. The van der Waals surface area contributed by atoms with Gasteiger partial charge in [-0.05, 0) is 30.3 Å². The predicted octanol–water partition coefficient (Wildman–Crippen LogP) is 1.71. The van der Waals surface area contributed by atoms with Crippen LogP contribution in [0.1, 0.15) is 0 Å². The maximum absolute atomic E-state index is 8.77. The summed E-state index contributed by atoms with van der Waals surface area (Å²) in [5.41, 5.74) is 1.69. The molecule has 0 unspecified atom stereocenters. The molecule has 0 atom stereocenters. The Labute approximate surface area is 133 Å². The molecule has 1 aromatic carbocycles. The number of ether oxygens (including phenoxy) is 2. The Morgan fingerprint density at radius 1 is 1.09 bits per heavy atom. The van der Waals surface area contributed by atoms with Gasteiger partial charge in [0.25, 0.3) is 0 Å². The first-order valence-corrected chi connectivity index (χ1v) is 7.06. The van der Waals surface area contributed by atoms with Crippen LogP contribution >= 0.6 is 0 Å². The third-order valence-electron chi connectivity index (χ3n) is 3.19. The van der Waals surface area contributed by atoms with Gasteiger partial charge in [0.05, 0.1) is 25.6 Å². The maximum atomic E-state index is 8.77. The van der Waals surface area contributed by atoms with Gasteiger partial charge in [0.15, 0.2) is 5.82 Å². The van der Waals surface area contributed by atoms with Gasteiger partial charge in [-0.15, -0.1) is 0 Å². The van der Waals surface area contributed by atoms with Crippen LogP contribution in [0.4, 0.5) is 0 Å². The molecular formula is C16H16N4O3. The fraction of sp³-hybridized carbons (Fsp3) is 0.188. The van der Waals surface area contributed by atoms with Gasteiger partial charge in [0.1, 0.15) is 18.7 Å². The molecule has 0 radical (unpaired) electrons. The number of aromatic nitrogens is 4. The SMILES string of the molecule is COc1ccc(-n2ncnc2-c2ccc(OCCO)cc2)cn1. The predicted molar refractivity (Wildman–Crippen MR) is 83.7 cm³/mol. The van der Waals surface area contributed by atoms with Gasteiger partial charge in [-0.25, -0.2) is 14.6 Å². The molecule has 0 spiro atoms. The van der Waals surface area contributed by atoms with Gasteiger partial charge >= 0.3 is 0 Å². The summed E-state index contributed by atoms with van der Waals surface area (Å²) in [6.07, 6.45) is 3.17. The second kappa shape index (κ2) is 6.89. The lowest BCUT2D eigenvalue weighted by Gasteiger charge is -2.08. The van der Waals surface area contributed by atoms with Crippen LogP contribution in [0.25, 0.3) is 17.1 Å². The quantitative estimate of drug-likeness (QED) is 0.746. The van der Waals surface area contributed by atoms with Crippen molar-refractivity contribution in [3.05, 3.63) is 48.9 Å². The summed E-state index contributed by atoms with van der Waals surface area (Å²) in [4.78, 5) is 8.49. The van der Waals surface area contributed by atoms with Crippen molar-refractivity contribution in [3.8, 4) is 28.7 Å². The van der Waals surface area contributed by atoms with Crippen molar-refractivity contribution in [2.75, 3.05) is 20.3 Å². The third-order valence-corrected chi connectivity index (χ3v) is 3.19. The fourth-order valence-electron chi connectivity index (χ4n) is 2.11. The molecule has 7 heteroatoms. The molecule has 3 aromatic rings. The molecule has 2 heterocycles. The number of aliphatic hydroxyl groups excluding tert-OH is 1. The highest BCUT2D eigenvalue weighted by Crippen LogP contribution is 2.23. The molecule has 3 rings (SSSR count). The topological polar surface area (TPSA) is 82.3 Å². The van der Waals surface area contributed by atoms with Crippen molar-refractivity contribution in [3.63, 3.8) is 0 Å². The average Bonchev–Trinajstić information content (AvgIpc) is 3.10. The monoisotopic (exact) mass is 312 g/mol. The molecule has 23 heavy (non-hydrogen) atoms. The molecular weight excluding hydrogens is 296 g/mol. The van der Waals surface area contributed by atoms with Crippen LogP contribution in [0.15, 0.2) is 48.9 Å². The molecule has 0 saturated heterocycles. The smallest absolute Gasteiger partial charge is 0.213 e. The van der Waals surface area contributed by atoms with E-state index in [1.54, 1.807) is 24.1 Å². The van der Waals surface area contributed by atoms with Crippen molar-refractivity contribution in [2.24, 2.45) is 0 Å². The van der Waals surface area contributed by atoms with E-state index in [-0.39, 0.29) is 13.2 Å². The minimum Gasteiger partial charge on any atom is -0.491 e. The Bertz CT molecular complexity index is 754. The first-order chi connectivity index (χ1) is 11.3. The van der Waals surface area contributed by atoms with Gasteiger partial charge in [-0.2, -0.15) is 5.10 Å². The van der Waals surface area contributed by atoms with Crippen molar-refractivity contribution in [1.29, 1.82) is 0 Å². The van der Waals surface area contributed by atoms with Crippen molar-refractivity contribution in [2.45, 2.75) is 0 Å². The van der Waals surface area contributed by atoms with Gasteiger partial charge in [-0.3, -0.25) is 0 Å². The number of rotatable bonds is 6. The molecule has 0 bridgehead atoms. The van der Waals surface area contributed by atoms with E-state index in [4.69, 9.17) is 14.6 Å². The van der Waals surface area contributed by atoms with E-state index in [1.807, 2.05) is 30.3 Å². The highest BCUT2D eigenvalue weighted by molar-refractivity contribution is 5.58. The molecule has 2 aromatic heterocycles. The zero-order valence-corrected chi connectivity index (χ0v) is 12.6. The molecule has 118 valence electrons. The summed E-state index contributed by atoms with van der Waals surface area (Å²) < 4.78 is 12.1. The number of methoxy groups -OCH3 is 1. The number of hydrogen-bond acceptors (Lipinski definition) is 6. The van der Waals surface area contributed by atoms with Crippen LogP contribution in [-0.2, 0) is 0 Å². The Balaban J connectivity index is 1.87. The summed E-state index contributed by atoms with van der Waals surface area (Å²) in [5.74, 6) is 1.94. The van der Waals surface area contributed by atoms with Crippen LogP contribution in [0.5, 0.6) is 11.6 Å². The van der Waals surface area contributed by atoms with E-state index >= 15 is 0 Å². The zero-order valence-electron chi connectivity index (χ0n) is 12.6. The number of hydrogen-bond donors (Lipinski definition) is 1. The molecule has 0 aliphatic rings. The van der Waals surface area contributed by atoms with E-state index < -0.39 is 0 Å². The molecule has 0 aliphatic heterocycles. The summed E-state index contributed by atoms with van der Waals surface area (Å²) in [7, 11) is 1.57. The van der Waals surface area contributed by atoms with Crippen molar-refractivity contribution in [1.82, 2.24) is 19.7 Å². The molecule has 1 N–H and O–H groups in total. The number of pyridine rings is 1. The molecule has 7 nitrogen and oxygen atoms in total. The Hall–Kier alpha value is -2.93. The number of nitrogens with zero attached hydrogens (tertiary/aromatic N) is 4. The first-order valence-electron chi connectivity index (χ1n) is 7.06. The zero-order chi connectivity index (χ0) is 16.1. The third kappa shape index (κ3) is 3.29. The van der Waals surface area contributed by atoms with Gasteiger partial charge in [0.2, 0.25) is 5.88 Å². The Morgan fingerprint density at radius 2 is 1.91 bits per heavy atom. The standard InChI is InChI=1S/C16H16N4O3/c1-22-15-7-4-13(10-17-15)20-16(18-11-19-20)12-2-5-14(6-3-12)23-9-8-21/h2-7,10-11,21H,8-9H2,1H3. The lowest BCUT2D eigenvalue weighted by Crippen LogP contribution is -2.02. The Morgan fingerprint density at radius 3 is 2.57 bits per heavy atom. The second-order valence-corrected chi connectivity index (χ2v) is 4.65. The van der Waals surface area contributed by atoms with Crippen molar-refractivity contribution < 1.29 is 14.6 Å². The molecule has 0 amide bonds. The van der Waals surface area contributed by atoms with Crippen LogP contribution in [0, 0.1) is 0 Å². The van der Waals surface area contributed by atoms with Gasteiger partial charge < -0.3 is 14.6 Å². The van der Waals surface area contributed by atoms with Gasteiger partial charge in [-0.1, -0.05) is 0 Å². The van der Waals surface area contributed by atoms with Crippen LogP contribution < -0.4 is 9.47 Å². The lowest BCUT2D eigenvalue weighted by atomic mass is 10.2. The summed E-state index contributed by atoms with van der Waals surface area (Å²) >= 11 is 0. The van der Waals surface area contributed by atoms with Crippen LogP contribution in [-0.4, -0.2) is 45.2 Å². The maximum Gasteiger partial charge on any atom is 0.213 e. The largest absolute Gasteiger partial charge is 0.491 e. The van der Waals surface area contributed by atoms with Crippen LogP contribution in [0.2, 0.25) is 0 Å². The molecule has 0 fully saturated rings. The minimum absolute atomic E-state index is 0.0133. The first kappa shape index (κ1) is 15.0. The molecule has 0 aliphatic carbocycles. The number of aliphatic hydroxyl groups is 1. The lowest BCUT2D eigenvalue weighted by molar-refractivity contribution is 0.201. The second-order valence-electron chi connectivity index (χ2n) is 4.65. The summed E-state index contributed by atoms with van der Waals surface area (Å²) in [6, 6.07) is 11.1. The van der Waals surface area contributed by atoms with E-state index in [2.05, 4.69) is 15.1 Å². The Kier molecular flexibility index (Phi) is 4.49. The van der Waals surface area contributed by atoms with E-state index in [9.17, 15) is 0 Å². The average molecular weight is 312 g/mol. The highest BCUT2D eigenvalue weighted by Gasteiger charge is 2.10. The van der Waals surface area contributed by atoms with Crippen molar-refractivity contribution >= 4 is 0 Å². The summed E-state index contributed by atoms with van der Waals surface area (Å²) in [6.45, 7) is 0.258.